The van der Waals surface area contributed by atoms with Crippen molar-refractivity contribution in [3.8, 4) is 0 Å². The Morgan fingerprint density at radius 1 is 0.767 bits per heavy atom. The van der Waals surface area contributed by atoms with E-state index in [0.29, 0.717) is 19.6 Å². The van der Waals surface area contributed by atoms with E-state index in [2.05, 4.69) is 0 Å². The number of benzene rings is 2. The molecular formula is C19H18F6N2O2S. The van der Waals surface area contributed by atoms with Gasteiger partial charge in [0, 0.05) is 32.7 Å². The first-order chi connectivity index (χ1) is 13.9. The first kappa shape index (κ1) is 22.6. The largest absolute Gasteiger partial charge is 0.416 e. The second kappa shape index (κ2) is 8.20. The summed E-state index contributed by atoms with van der Waals surface area (Å²) in [5.74, 6) is 0. The van der Waals surface area contributed by atoms with E-state index in [1.807, 2.05) is 35.2 Å². The highest BCUT2D eigenvalue weighted by Gasteiger charge is 2.39. The zero-order valence-electron chi connectivity index (χ0n) is 15.5. The molecule has 0 radical (unpaired) electrons. The van der Waals surface area contributed by atoms with Crippen molar-refractivity contribution in [3.05, 3.63) is 65.2 Å². The van der Waals surface area contributed by atoms with Crippen LogP contribution in [0.4, 0.5) is 26.3 Å². The molecule has 30 heavy (non-hydrogen) atoms. The molecule has 3 rings (SSSR count). The van der Waals surface area contributed by atoms with E-state index in [0.717, 1.165) is 9.87 Å². The number of halogens is 6. The van der Waals surface area contributed by atoms with Crippen molar-refractivity contribution in [2.45, 2.75) is 23.8 Å². The molecule has 0 aliphatic carbocycles. The van der Waals surface area contributed by atoms with Gasteiger partial charge in [0.15, 0.2) is 0 Å². The standard InChI is InChI=1S/C19H18F6N2O2S/c20-18(21,22)15-10-16(19(23,24)25)12-17(11-15)30(28,29)27-8-6-26(7-9-27)13-14-4-2-1-3-5-14/h1-5,10-12H,6-9,13H2. The predicted octanol–water partition coefficient (Wildman–Crippen LogP) is 4.23. The van der Waals surface area contributed by atoms with Crippen LogP contribution >= 0.6 is 0 Å². The lowest BCUT2D eigenvalue weighted by molar-refractivity contribution is -0.143. The molecule has 0 aromatic heterocycles. The lowest BCUT2D eigenvalue weighted by Crippen LogP contribution is -2.48. The van der Waals surface area contributed by atoms with Gasteiger partial charge in [0.25, 0.3) is 0 Å². The summed E-state index contributed by atoms with van der Waals surface area (Å²) >= 11 is 0. The topological polar surface area (TPSA) is 40.6 Å². The van der Waals surface area contributed by atoms with Crippen molar-refractivity contribution in [2.75, 3.05) is 26.2 Å². The minimum Gasteiger partial charge on any atom is -0.296 e. The number of piperazine rings is 1. The fourth-order valence-electron chi connectivity index (χ4n) is 3.19. The first-order valence-corrected chi connectivity index (χ1v) is 10.4. The third kappa shape index (κ3) is 5.13. The average molecular weight is 452 g/mol. The lowest BCUT2D eigenvalue weighted by Gasteiger charge is -2.34. The smallest absolute Gasteiger partial charge is 0.296 e. The fourth-order valence-corrected chi connectivity index (χ4v) is 4.69. The van der Waals surface area contributed by atoms with Crippen LogP contribution in [0.15, 0.2) is 53.4 Å². The van der Waals surface area contributed by atoms with Gasteiger partial charge >= 0.3 is 12.4 Å². The third-order valence-corrected chi connectivity index (χ3v) is 6.66. The molecule has 0 bridgehead atoms. The highest BCUT2D eigenvalue weighted by molar-refractivity contribution is 7.89. The van der Waals surface area contributed by atoms with Crippen LogP contribution in [-0.2, 0) is 28.9 Å². The van der Waals surface area contributed by atoms with Crippen LogP contribution in [0.5, 0.6) is 0 Å². The maximum atomic E-state index is 13.0. The molecule has 0 amide bonds. The summed E-state index contributed by atoms with van der Waals surface area (Å²) in [6.45, 7) is 1.11. The fraction of sp³-hybridized carbons (Fsp3) is 0.368. The molecule has 0 spiro atoms. The Morgan fingerprint density at radius 2 is 1.27 bits per heavy atom. The Kier molecular flexibility index (Phi) is 6.17. The maximum Gasteiger partial charge on any atom is 0.416 e. The molecule has 1 aliphatic rings. The summed E-state index contributed by atoms with van der Waals surface area (Å²) in [7, 11) is -4.52. The van der Waals surface area contributed by atoms with Gasteiger partial charge in [-0.3, -0.25) is 4.90 Å². The van der Waals surface area contributed by atoms with E-state index in [4.69, 9.17) is 0 Å². The SMILES string of the molecule is O=S(=O)(c1cc(C(F)(F)F)cc(C(F)(F)F)c1)N1CCN(Cc2ccccc2)CC1. The Labute approximate surface area is 169 Å². The Balaban J connectivity index is 1.82. The van der Waals surface area contributed by atoms with Gasteiger partial charge in [0.05, 0.1) is 16.0 Å². The Hall–Kier alpha value is -2.11. The normalized spacial score (nSPS) is 17.3. The molecule has 1 saturated heterocycles. The zero-order chi connectivity index (χ0) is 22.2. The molecule has 0 saturated carbocycles. The third-order valence-electron chi connectivity index (χ3n) is 4.78. The predicted molar refractivity (Wildman–Crippen MR) is 96.9 cm³/mol. The summed E-state index contributed by atoms with van der Waals surface area (Å²) in [4.78, 5) is 0.954. The van der Waals surface area contributed by atoms with Gasteiger partial charge in [-0.15, -0.1) is 0 Å². The molecule has 2 aromatic rings. The minimum atomic E-state index is -5.11. The molecular weight excluding hydrogens is 434 g/mol. The van der Waals surface area contributed by atoms with Crippen LogP contribution in [0, 0.1) is 0 Å². The summed E-state index contributed by atoms with van der Waals surface area (Å²) < 4.78 is 105. The zero-order valence-corrected chi connectivity index (χ0v) is 16.4. The lowest BCUT2D eigenvalue weighted by atomic mass is 10.1. The van der Waals surface area contributed by atoms with Crippen molar-refractivity contribution in [2.24, 2.45) is 0 Å². The molecule has 0 atom stereocenters. The van der Waals surface area contributed by atoms with E-state index < -0.39 is 38.4 Å². The Morgan fingerprint density at radius 3 is 1.73 bits per heavy atom. The van der Waals surface area contributed by atoms with Gasteiger partial charge in [0.2, 0.25) is 10.0 Å². The Bertz CT molecular complexity index is 950. The molecule has 0 unspecified atom stereocenters. The molecule has 164 valence electrons. The summed E-state index contributed by atoms with van der Waals surface area (Å²) in [6.07, 6.45) is -10.2. The van der Waals surface area contributed by atoms with Crippen LogP contribution < -0.4 is 0 Å². The van der Waals surface area contributed by atoms with Crippen molar-refractivity contribution in [3.63, 3.8) is 0 Å². The van der Waals surface area contributed by atoms with Crippen LogP contribution in [0.25, 0.3) is 0 Å². The van der Waals surface area contributed by atoms with Gasteiger partial charge < -0.3 is 0 Å². The van der Waals surface area contributed by atoms with Gasteiger partial charge in [-0.05, 0) is 23.8 Å². The average Bonchev–Trinajstić information content (AvgIpc) is 2.67. The van der Waals surface area contributed by atoms with Crippen LogP contribution in [-0.4, -0.2) is 43.8 Å². The molecule has 0 N–H and O–H groups in total. The van der Waals surface area contributed by atoms with E-state index in [-0.39, 0.29) is 31.3 Å². The maximum absolute atomic E-state index is 13.0. The van der Waals surface area contributed by atoms with Crippen molar-refractivity contribution in [1.82, 2.24) is 9.21 Å². The number of rotatable bonds is 4. The summed E-state index contributed by atoms with van der Waals surface area (Å²) in [5.41, 5.74) is -2.29. The van der Waals surface area contributed by atoms with Crippen molar-refractivity contribution < 1.29 is 34.8 Å². The van der Waals surface area contributed by atoms with Crippen LogP contribution in [0.1, 0.15) is 16.7 Å². The van der Waals surface area contributed by atoms with Crippen molar-refractivity contribution >= 4 is 10.0 Å². The highest BCUT2D eigenvalue weighted by Crippen LogP contribution is 2.37. The molecule has 11 heteroatoms. The molecule has 1 heterocycles. The quantitative estimate of drug-likeness (QED) is 0.652. The second-order valence-corrected chi connectivity index (χ2v) is 8.85. The number of hydrogen-bond donors (Lipinski definition) is 0. The second-order valence-electron chi connectivity index (χ2n) is 6.91. The van der Waals surface area contributed by atoms with Gasteiger partial charge in [-0.25, -0.2) is 8.42 Å². The number of hydrogen-bond acceptors (Lipinski definition) is 3. The van der Waals surface area contributed by atoms with E-state index in [1.54, 1.807) is 0 Å². The van der Waals surface area contributed by atoms with Crippen LogP contribution in [0.2, 0.25) is 0 Å². The molecule has 2 aromatic carbocycles. The molecule has 4 nitrogen and oxygen atoms in total. The first-order valence-electron chi connectivity index (χ1n) is 8.93. The highest BCUT2D eigenvalue weighted by atomic mass is 32.2. The number of alkyl halides is 6. The van der Waals surface area contributed by atoms with Gasteiger partial charge in [0.1, 0.15) is 0 Å². The van der Waals surface area contributed by atoms with Gasteiger partial charge in [-0.1, -0.05) is 30.3 Å². The van der Waals surface area contributed by atoms with Crippen LogP contribution in [0.3, 0.4) is 0 Å². The monoisotopic (exact) mass is 452 g/mol. The van der Waals surface area contributed by atoms with Crippen molar-refractivity contribution in [1.29, 1.82) is 0 Å². The molecule has 1 fully saturated rings. The number of sulfonamides is 1. The van der Waals surface area contributed by atoms with E-state index in [1.165, 1.54) is 0 Å². The van der Waals surface area contributed by atoms with E-state index in [9.17, 15) is 34.8 Å². The summed E-state index contributed by atoms with van der Waals surface area (Å²) in [5, 5.41) is 0. The molecule has 1 aliphatic heterocycles. The number of nitrogens with zero attached hydrogens (tertiary/aromatic N) is 2. The van der Waals surface area contributed by atoms with E-state index >= 15 is 0 Å². The van der Waals surface area contributed by atoms with Gasteiger partial charge in [-0.2, -0.15) is 30.6 Å². The minimum absolute atomic E-state index is 0.0350. The summed E-state index contributed by atoms with van der Waals surface area (Å²) in [6, 6.07) is 9.82.